The third-order valence-corrected chi connectivity index (χ3v) is 5.31. The fraction of sp³-hybridized carbons (Fsp3) is 0.250. The van der Waals surface area contributed by atoms with Crippen molar-refractivity contribution in [3.63, 3.8) is 0 Å². The van der Waals surface area contributed by atoms with E-state index in [1.54, 1.807) is 61.3 Å². The molecule has 0 saturated heterocycles. The van der Waals surface area contributed by atoms with Crippen molar-refractivity contribution in [1.29, 1.82) is 0 Å². The standard InChI is InChI=1S/C24H23ClFN3O4/c1-14(2)33-21-9-8-15(11-19(21)26)28-24(31)17-5-3-7-20-22(17)32-13-16(12-30)29(20)23-18(25)6-4-10-27-23/h3-11,14,16,30H,12-13H2,1-2H3,(H,28,31). The Balaban J connectivity index is 1.66. The summed E-state index contributed by atoms with van der Waals surface area (Å²) in [6.45, 7) is 3.52. The molecule has 9 heteroatoms. The molecule has 33 heavy (non-hydrogen) atoms. The van der Waals surface area contributed by atoms with Crippen molar-refractivity contribution in [2.45, 2.75) is 26.0 Å². The van der Waals surface area contributed by atoms with Gasteiger partial charge in [0.25, 0.3) is 5.91 Å². The summed E-state index contributed by atoms with van der Waals surface area (Å²) in [6.07, 6.45) is 1.42. The third kappa shape index (κ3) is 4.72. The Morgan fingerprint density at radius 1 is 1.33 bits per heavy atom. The highest BCUT2D eigenvalue weighted by molar-refractivity contribution is 6.33. The zero-order valence-electron chi connectivity index (χ0n) is 18.1. The second-order valence-corrected chi connectivity index (χ2v) is 8.15. The van der Waals surface area contributed by atoms with Gasteiger partial charge in [-0.05, 0) is 50.2 Å². The predicted octanol–water partition coefficient (Wildman–Crippen LogP) is 4.81. The van der Waals surface area contributed by atoms with Crippen LogP contribution in [0.4, 0.5) is 21.6 Å². The molecule has 1 aromatic heterocycles. The van der Waals surface area contributed by atoms with E-state index in [1.165, 1.54) is 12.1 Å². The van der Waals surface area contributed by atoms with Gasteiger partial charge in [0.15, 0.2) is 23.1 Å². The van der Waals surface area contributed by atoms with E-state index >= 15 is 0 Å². The summed E-state index contributed by atoms with van der Waals surface area (Å²) in [4.78, 5) is 19.2. The number of amides is 1. The maximum absolute atomic E-state index is 14.3. The van der Waals surface area contributed by atoms with Crippen molar-refractivity contribution in [3.8, 4) is 11.5 Å². The number of hydrogen-bond donors (Lipinski definition) is 2. The molecule has 0 saturated carbocycles. The van der Waals surface area contributed by atoms with Gasteiger partial charge in [0, 0.05) is 18.0 Å². The highest BCUT2D eigenvalue weighted by Crippen LogP contribution is 2.42. The molecule has 0 radical (unpaired) electrons. The van der Waals surface area contributed by atoms with Gasteiger partial charge >= 0.3 is 0 Å². The summed E-state index contributed by atoms with van der Waals surface area (Å²) in [6, 6.07) is 12.3. The van der Waals surface area contributed by atoms with Gasteiger partial charge in [-0.25, -0.2) is 9.37 Å². The minimum Gasteiger partial charge on any atom is -0.488 e. The Bertz CT molecular complexity index is 1170. The number of nitrogens with zero attached hydrogens (tertiary/aromatic N) is 2. The molecule has 0 spiro atoms. The van der Waals surface area contributed by atoms with E-state index in [1.807, 2.05) is 0 Å². The van der Waals surface area contributed by atoms with E-state index in [4.69, 9.17) is 21.1 Å². The van der Waals surface area contributed by atoms with Crippen molar-refractivity contribution in [2.75, 3.05) is 23.4 Å². The number of benzene rings is 2. The molecule has 1 aliphatic heterocycles. The lowest BCUT2D eigenvalue weighted by Crippen LogP contribution is -2.43. The molecule has 2 heterocycles. The van der Waals surface area contributed by atoms with Crippen LogP contribution in [0.5, 0.6) is 11.5 Å². The van der Waals surface area contributed by atoms with Gasteiger partial charge in [-0.1, -0.05) is 17.7 Å². The van der Waals surface area contributed by atoms with Crippen molar-refractivity contribution < 1.29 is 23.8 Å². The lowest BCUT2D eigenvalue weighted by atomic mass is 10.1. The molecule has 7 nitrogen and oxygen atoms in total. The van der Waals surface area contributed by atoms with E-state index in [-0.39, 0.29) is 36.3 Å². The molecule has 4 rings (SSSR count). The molecular weight excluding hydrogens is 449 g/mol. The van der Waals surface area contributed by atoms with Crippen LogP contribution >= 0.6 is 11.6 Å². The second-order valence-electron chi connectivity index (χ2n) is 7.75. The molecule has 3 aromatic rings. The first kappa shape index (κ1) is 22.8. The highest BCUT2D eigenvalue weighted by Gasteiger charge is 2.33. The number of aliphatic hydroxyl groups excluding tert-OH is 1. The van der Waals surface area contributed by atoms with Gasteiger partial charge in [0.1, 0.15) is 6.61 Å². The lowest BCUT2D eigenvalue weighted by molar-refractivity contribution is 0.102. The smallest absolute Gasteiger partial charge is 0.259 e. The first-order valence-electron chi connectivity index (χ1n) is 10.4. The number of carbonyl (C=O) groups is 1. The summed E-state index contributed by atoms with van der Waals surface area (Å²) < 4.78 is 25.6. The molecular formula is C24H23ClFN3O4. The number of rotatable bonds is 6. The molecule has 0 fully saturated rings. The number of nitrogens with one attached hydrogen (secondary N) is 1. The average Bonchev–Trinajstić information content (AvgIpc) is 2.80. The van der Waals surface area contributed by atoms with E-state index in [2.05, 4.69) is 10.3 Å². The van der Waals surface area contributed by atoms with E-state index in [0.717, 1.165) is 0 Å². The van der Waals surface area contributed by atoms with E-state index < -0.39 is 17.8 Å². The van der Waals surface area contributed by atoms with Crippen molar-refractivity contribution in [2.24, 2.45) is 0 Å². The Morgan fingerprint density at radius 2 is 2.15 bits per heavy atom. The summed E-state index contributed by atoms with van der Waals surface area (Å²) in [7, 11) is 0. The summed E-state index contributed by atoms with van der Waals surface area (Å²) in [5, 5.41) is 13.0. The van der Waals surface area contributed by atoms with Crippen LogP contribution in [0, 0.1) is 5.82 Å². The topological polar surface area (TPSA) is 83.9 Å². The molecule has 2 N–H and O–H groups in total. The summed E-state index contributed by atoms with van der Waals surface area (Å²) >= 11 is 6.36. The molecule has 172 valence electrons. The largest absolute Gasteiger partial charge is 0.488 e. The quantitative estimate of drug-likeness (QED) is 0.537. The summed E-state index contributed by atoms with van der Waals surface area (Å²) in [5.41, 5.74) is 1.07. The van der Waals surface area contributed by atoms with Crippen molar-refractivity contribution in [3.05, 3.63) is 71.1 Å². The molecule has 1 amide bonds. The zero-order valence-corrected chi connectivity index (χ0v) is 18.8. The van der Waals surface area contributed by atoms with Crippen LogP contribution in [0.1, 0.15) is 24.2 Å². The molecule has 0 aliphatic carbocycles. The maximum atomic E-state index is 14.3. The van der Waals surface area contributed by atoms with Gasteiger partial charge in [0.05, 0.1) is 35.0 Å². The van der Waals surface area contributed by atoms with Gasteiger partial charge in [-0.3, -0.25) is 4.79 Å². The number of fused-ring (bicyclic) bond motifs is 1. The van der Waals surface area contributed by atoms with Crippen LogP contribution in [-0.4, -0.2) is 41.4 Å². The van der Waals surface area contributed by atoms with Gasteiger partial charge in [0.2, 0.25) is 0 Å². The Labute approximate surface area is 195 Å². The number of halogens is 2. The number of aromatic nitrogens is 1. The number of anilines is 3. The third-order valence-electron chi connectivity index (χ3n) is 5.01. The Morgan fingerprint density at radius 3 is 2.85 bits per heavy atom. The highest BCUT2D eigenvalue weighted by atomic mass is 35.5. The van der Waals surface area contributed by atoms with Crippen molar-refractivity contribution in [1.82, 2.24) is 4.98 Å². The van der Waals surface area contributed by atoms with Gasteiger partial charge in [-0.2, -0.15) is 0 Å². The van der Waals surface area contributed by atoms with Gasteiger partial charge < -0.3 is 24.8 Å². The molecule has 0 bridgehead atoms. The number of carbonyl (C=O) groups excluding carboxylic acids is 1. The minimum absolute atomic E-state index is 0.112. The number of para-hydroxylation sites is 1. The average molecular weight is 472 g/mol. The number of ether oxygens (including phenoxy) is 2. The van der Waals surface area contributed by atoms with Crippen LogP contribution in [0.15, 0.2) is 54.7 Å². The summed E-state index contributed by atoms with van der Waals surface area (Å²) in [5.74, 6) is -0.168. The predicted molar refractivity (Wildman–Crippen MR) is 124 cm³/mol. The van der Waals surface area contributed by atoms with E-state index in [0.29, 0.717) is 22.3 Å². The van der Waals surface area contributed by atoms with Crippen LogP contribution in [0.2, 0.25) is 5.02 Å². The first-order valence-corrected chi connectivity index (χ1v) is 10.8. The number of aliphatic hydroxyl groups is 1. The van der Waals surface area contributed by atoms with Crippen LogP contribution in [0.25, 0.3) is 0 Å². The molecule has 2 aromatic carbocycles. The lowest BCUT2D eigenvalue weighted by Gasteiger charge is -2.37. The number of pyridine rings is 1. The van der Waals surface area contributed by atoms with Crippen LogP contribution < -0.4 is 19.7 Å². The normalized spacial score (nSPS) is 15.1. The molecule has 1 unspecified atom stereocenters. The molecule has 1 atom stereocenters. The van der Waals surface area contributed by atoms with Crippen LogP contribution in [-0.2, 0) is 0 Å². The first-order chi connectivity index (χ1) is 15.9. The monoisotopic (exact) mass is 471 g/mol. The Hall–Kier alpha value is -3.36. The number of hydrogen-bond acceptors (Lipinski definition) is 6. The van der Waals surface area contributed by atoms with E-state index in [9.17, 15) is 14.3 Å². The second kappa shape index (κ2) is 9.64. The maximum Gasteiger partial charge on any atom is 0.259 e. The minimum atomic E-state index is -0.574. The van der Waals surface area contributed by atoms with Gasteiger partial charge in [-0.15, -0.1) is 0 Å². The van der Waals surface area contributed by atoms with Crippen molar-refractivity contribution >= 4 is 34.7 Å². The fourth-order valence-corrected chi connectivity index (χ4v) is 3.81. The van der Waals surface area contributed by atoms with Crippen LogP contribution in [0.3, 0.4) is 0 Å². The molecule has 1 aliphatic rings. The SMILES string of the molecule is CC(C)Oc1ccc(NC(=O)c2cccc3c2OCC(CO)N3c2ncccc2Cl)cc1F. The fourth-order valence-electron chi connectivity index (χ4n) is 3.60. The Kier molecular flexibility index (Phi) is 6.67. The zero-order chi connectivity index (χ0) is 23.5.